The Morgan fingerprint density at radius 2 is 2.15 bits per heavy atom. The summed E-state index contributed by atoms with van der Waals surface area (Å²) in [5, 5.41) is 0. The van der Waals surface area contributed by atoms with Crippen molar-refractivity contribution in [3.63, 3.8) is 0 Å². The topological polar surface area (TPSA) is 22.1 Å². The molecule has 1 heterocycles. The zero-order valence-electron chi connectivity index (χ0n) is 8.79. The van der Waals surface area contributed by atoms with Gasteiger partial charge in [0.15, 0.2) is 0 Å². The maximum absolute atomic E-state index is 5.08. The fraction of sp³-hybridized carbons (Fsp3) is 0.545. The monoisotopic (exact) mass is 179 g/mol. The summed E-state index contributed by atoms with van der Waals surface area (Å²) in [7, 11) is 1.65. The van der Waals surface area contributed by atoms with Gasteiger partial charge in [-0.05, 0) is 23.5 Å². The van der Waals surface area contributed by atoms with Crippen LogP contribution in [0.1, 0.15) is 37.8 Å². The highest BCUT2D eigenvalue weighted by Gasteiger charge is 2.06. The van der Waals surface area contributed by atoms with Gasteiger partial charge in [-0.3, -0.25) is 0 Å². The molecule has 0 bridgehead atoms. The van der Waals surface area contributed by atoms with Crippen LogP contribution in [0, 0.1) is 0 Å². The lowest BCUT2D eigenvalue weighted by atomic mass is 9.98. The van der Waals surface area contributed by atoms with Crippen molar-refractivity contribution in [1.29, 1.82) is 0 Å². The van der Waals surface area contributed by atoms with Gasteiger partial charge < -0.3 is 4.74 Å². The first-order valence-corrected chi connectivity index (χ1v) is 4.71. The van der Waals surface area contributed by atoms with Crippen LogP contribution < -0.4 is 4.74 Å². The van der Waals surface area contributed by atoms with Crippen molar-refractivity contribution < 1.29 is 4.74 Å². The average Bonchev–Trinajstić information content (AvgIpc) is 2.16. The second kappa shape index (κ2) is 4.26. The van der Waals surface area contributed by atoms with Crippen LogP contribution in [0.2, 0.25) is 0 Å². The van der Waals surface area contributed by atoms with Gasteiger partial charge in [-0.15, -0.1) is 0 Å². The molecular formula is C11H17NO. The Labute approximate surface area is 80.0 Å². The molecule has 0 radical (unpaired) electrons. The van der Waals surface area contributed by atoms with Crippen LogP contribution in [-0.2, 0) is 6.42 Å². The minimum absolute atomic E-state index is 0.536. The summed E-state index contributed by atoms with van der Waals surface area (Å²) in [6.07, 6.45) is 2.95. The number of hydrogen-bond acceptors (Lipinski definition) is 2. The fourth-order valence-corrected chi connectivity index (χ4v) is 1.42. The Kier molecular flexibility index (Phi) is 3.29. The fourth-order valence-electron chi connectivity index (χ4n) is 1.42. The molecule has 0 saturated carbocycles. The third kappa shape index (κ3) is 2.20. The molecule has 0 saturated heterocycles. The van der Waals surface area contributed by atoms with E-state index in [9.17, 15) is 0 Å². The van der Waals surface area contributed by atoms with Gasteiger partial charge in [-0.25, -0.2) is 4.98 Å². The van der Waals surface area contributed by atoms with Crippen molar-refractivity contribution in [2.75, 3.05) is 7.11 Å². The second-order valence-electron chi connectivity index (χ2n) is 3.43. The second-order valence-corrected chi connectivity index (χ2v) is 3.43. The van der Waals surface area contributed by atoms with Crippen LogP contribution in [-0.4, -0.2) is 12.1 Å². The van der Waals surface area contributed by atoms with Gasteiger partial charge in [0, 0.05) is 12.3 Å². The first-order chi connectivity index (χ1) is 6.19. The molecule has 2 heteroatoms. The largest absolute Gasteiger partial charge is 0.481 e. The summed E-state index contributed by atoms with van der Waals surface area (Å²) in [5.74, 6) is 1.25. The van der Waals surface area contributed by atoms with Crippen molar-refractivity contribution >= 4 is 0 Å². The lowest BCUT2D eigenvalue weighted by molar-refractivity contribution is 0.397. The van der Waals surface area contributed by atoms with Crippen molar-refractivity contribution in [2.45, 2.75) is 33.1 Å². The summed E-state index contributed by atoms with van der Waals surface area (Å²) in [4.78, 5) is 4.20. The quantitative estimate of drug-likeness (QED) is 0.711. The molecule has 2 nitrogen and oxygen atoms in total. The van der Waals surface area contributed by atoms with Crippen LogP contribution in [0.15, 0.2) is 12.3 Å². The first-order valence-electron chi connectivity index (χ1n) is 4.71. The Bertz CT molecular complexity index is 281. The summed E-state index contributed by atoms with van der Waals surface area (Å²) >= 11 is 0. The van der Waals surface area contributed by atoms with Gasteiger partial charge in [0.1, 0.15) is 0 Å². The first kappa shape index (κ1) is 10.0. The number of aryl methyl sites for hydroxylation is 1. The van der Waals surface area contributed by atoms with Gasteiger partial charge >= 0.3 is 0 Å². The van der Waals surface area contributed by atoms with Crippen LogP contribution in [0.5, 0.6) is 5.88 Å². The molecule has 1 aromatic rings. The molecule has 0 atom stereocenters. The maximum Gasteiger partial charge on any atom is 0.213 e. The molecular weight excluding hydrogens is 162 g/mol. The van der Waals surface area contributed by atoms with E-state index in [2.05, 4.69) is 25.8 Å². The number of aromatic nitrogens is 1. The minimum atomic E-state index is 0.536. The molecule has 0 aliphatic heterocycles. The molecule has 0 aromatic carbocycles. The van der Waals surface area contributed by atoms with Crippen LogP contribution in [0.4, 0.5) is 0 Å². The molecule has 0 fully saturated rings. The molecule has 1 aromatic heterocycles. The van der Waals surface area contributed by atoms with Crippen molar-refractivity contribution in [3.8, 4) is 5.88 Å². The van der Waals surface area contributed by atoms with Gasteiger partial charge in [-0.2, -0.15) is 0 Å². The van der Waals surface area contributed by atoms with E-state index in [4.69, 9.17) is 4.74 Å². The maximum atomic E-state index is 5.08. The van der Waals surface area contributed by atoms with E-state index < -0.39 is 0 Å². The van der Waals surface area contributed by atoms with E-state index in [1.165, 1.54) is 11.1 Å². The number of pyridine rings is 1. The molecule has 0 N–H and O–H groups in total. The lowest BCUT2D eigenvalue weighted by Gasteiger charge is -2.11. The predicted octanol–water partition coefficient (Wildman–Crippen LogP) is 2.78. The van der Waals surface area contributed by atoms with E-state index in [-0.39, 0.29) is 0 Å². The summed E-state index contributed by atoms with van der Waals surface area (Å²) < 4.78 is 5.08. The van der Waals surface area contributed by atoms with Crippen molar-refractivity contribution in [1.82, 2.24) is 4.98 Å². The highest BCUT2D eigenvalue weighted by Crippen LogP contribution is 2.21. The summed E-state index contributed by atoms with van der Waals surface area (Å²) in [5.41, 5.74) is 2.66. The Hall–Kier alpha value is -1.05. The third-order valence-corrected chi connectivity index (χ3v) is 2.21. The van der Waals surface area contributed by atoms with Crippen LogP contribution in [0.25, 0.3) is 0 Å². The summed E-state index contributed by atoms with van der Waals surface area (Å²) in [6, 6.07) is 2.02. The van der Waals surface area contributed by atoms with E-state index >= 15 is 0 Å². The predicted molar refractivity (Wildman–Crippen MR) is 54.3 cm³/mol. The number of nitrogens with zero attached hydrogens (tertiary/aromatic N) is 1. The number of ether oxygens (including phenoxy) is 1. The normalized spacial score (nSPS) is 10.5. The molecule has 0 aliphatic carbocycles. The SMILES string of the molecule is CCc1cc(OC)ncc1C(C)C. The lowest BCUT2D eigenvalue weighted by Crippen LogP contribution is -1.98. The van der Waals surface area contributed by atoms with Crippen molar-refractivity contribution in [2.24, 2.45) is 0 Å². The Morgan fingerprint density at radius 3 is 2.62 bits per heavy atom. The third-order valence-electron chi connectivity index (χ3n) is 2.21. The Balaban J connectivity index is 3.08. The van der Waals surface area contributed by atoms with E-state index in [0.717, 1.165) is 6.42 Å². The number of hydrogen-bond donors (Lipinski definition) is 0. The number of rotatable bonds is 3. The molecule has 0 unspecified atom stereocenters. The highest BCUT2D eigenvalue weighted by atomic mass is 16.5. The van der Waals surface area contributed by atoms with Crippen LogP contribution >= 0.6 is 0 Å². The van der Waals surface area contributed by atoms with Gasteiger partial charge in [0.2, 0.25) is 5.88 Å². The minimum Gasteiger partial charge on any atom is -0.481 e. The molecule has 72 valence electrons. The molecule has 13 heavy (non-hydrogen) atoms. The van der Waals surface area contributed by atoms with E-state index in [0.29, 0.717) is 11.8 Å². The average molecular weight is 179 g/mol. The Morgan fingerprint density at radius 1 is 1.46 bits per heavy atom. The summed E-state index contributed by atoms with van der Waals surface area (Å²) in [6.45, 7) is 6.52. The van der Waals surface area contributed by atoms with Gasteiger partial charge in [-0.1, -0.05) is 20.8 Å². The smallest absolute Gasteiger partial charge is 0.213 e. The zero-order valence-corrected chi connectivity index (χ0v) is 8.79. The van der Waals surface area contributed by atoms with Crippen molar-refractivity contribution in [3.05, 3.63) is 23.4 Å². The highest BCUT2D eigenvalue weighted by molar-refractivity contribution is 5.31. The number of methoxy groups -OCH3 is 1. The molecule has 0 amide bonds. The molecule has 0 aliphatic rings. The standard InChI is InChI=1S/C11H17NO/c1-5-9-6-11(13-4)12-7-10(9)8(2)3/h6-8H,5H2,1-4H3. The molecule has 1 rings (SSSR count). The van der Waals surface area contributed by atoms with E-state index in [1.807, 2.05) is 12.3 Å². The van der Waals surface area contributed by atoms with Gasteiger partial charge in [0.25, 0.3) is 0 Å². The van der Waals surface area contributed by atoms with Gasteiger partial charge in [0.05, 0.1) is 7.11 Å². The molecule has 0 spiro atoms. The van der Waals surface area contributed by atoms with E-state index in [1.54, 1.807) is 7.11 Å². The van der Waals surface area contributed by atoms with Crippen LogP contribution in [0.3, 0.4) is 0 Å². The zero-order chi connectivity index (χ0) is 9.84.